The van der Waals surface area contributed by atoms with E-state index in [1.807, 2.05) is 49.0 Å². The molecule has 9 heteroatoms. The first-order valence-electron chi connectivity index (χ1n) is 11.5. The zero-order chi connectivity index (χ0) is 22.6. The molecule has 2 aromatic heterocycles. The van der Waals surface area contributed by atoms with Gasteiger partial charge in [0.05, 0.1) is 12.6 Å². The Labute approximate surface area is 193 Å². The monoisotopic (exact) mass is 446 g/mol. The molecule has 0 bridgehead atoms. The first-order chi connectivity index (χ1) is 16.2. The van der Waals surface area contributed by atoms with E-state index < -0.39 is 0 Å². The fraction of sp³-hybridized carbons (Fsp3) is 0.417. The summed E-state index contributed by atoms with van der Waals surface area (Å²) >= 11 is 0. The fourth-order valence-electron chi connectivity index (χ4n) is 4.35. The maximum Gasteiger partial charge on any atom is 0.192 e. The molecule has 33 heavy (non-hydrogen) atoms. The third kappa shape index (κ3) is 4.76. The van der Waals surface area contributed by atoms with Gasteiger partial charge in [0.25, 0.3) is 0 Å². The second-order valence-electron chi connectivity index (χ2n) is 8.52. The molecule has 2 N–H and O–H groups in total. The van der Waals surface area contributed by atoms with E-state index in [0.717, 1.165) is 60.7 Å². The van der Waals surface area contributed by atoms with Gasteiger partial charge in [-0.15, -0.1) is 10.2 Å². The summed E-state index contributed by atoms with van der Waals surface area (Å²) in [6.07, 6.45) is 3.74. The average molecular weight is 447 g/mol. The molecule has 0 saturated carbocycles. The first kappa shape index (κ1) is 21.2. The van der Waals surface area contributed by atoms with Gasteiger partial charge in [0.15, 0.2) is 11.8 Å². The van der Waals surface area contributed by atoms with Crippen molar-refractivity contribution < 1.29 is 4.74 Å². The molecule has 0 amide bonds. The van der Waals surface area contributed by atoms with Crippen molar-refractivity contribution in [3.8, 4) is 5.75 Å². The lowest BCUT2D eigenvalue weighted by Crippen LogP contribution is -2.46. The van der Waals surface area contributed by atoms with Crippen LogP contribution in [0.5, 0.6) is 5.75 Å². The second-order valence-corrected chi connectivity index (χ2v) is 8.52. The first-order valence-corrected chi connectivity index (χ1v) is 11.5. The molecule has 2 aliphatic heterocycles. The Morgan fingerprint density at radius 3 is 2.82 bits per heavy atom. The van der Waals surface area contributed by atoms with Crippen LogP contribution in [0.4, 0.5) is 5.82 Å². The third-order valence-corrected chi connectivity index (χ3v) is 6.33. The number of hydrogen-bond donors (Lipinski definition) is 2. The molecule has 0 radical (unpaired) electrons. The van der Waals surface area contributed by atoms with E-state index >= 15 is 0 Å². The number of benzene rings is 1. The Bertz CT molecular complexity index is 1110. The fourth-order valence-corrected chi connectivity index (χ4v) is 4.35. The molecule has 1 fully saturated rings. The number of hydrogen-bond acceptors (Lipinski definition) is 6. The molecule has 0 spiro atoms. The zero-order valence-corrected chi connectivity index (χ0v) is 19.1. The van der Waals surface area contributed by atoms with Crippen molar-refractivity contribution in [2.45, 2.75) is 38.4 Å². The molecule has 2 unspecified atom stereocenters. The summed E-state index contributed by atoms with van der Waals surface area (Å²) in [4.78, 5) is 11.7. The van der Waals surface area contributed by atoms with Crippen LogP contribution in [0.1, 0.15) is 36.1 Å². The summed E-state index contributed by atoms with van der Waals surface area (Å²) in [7, 11) is 1.97. The van der Waals surface area contributed by atoms with Crippen LogP contribution in [-0.4, -0.2) is 51.4 Å². The molecule has 3 aromatic rings. The van der Waals surface area contributed by atoms with Crippen LogP contribution >= 0.6 is 0 Å². The quantitative estimate of drug-likeness (QED) is 0.459. The van der Waals surface area contributed by atoms with E-state index in [-0.39, 0.29) is 12.1 Å². The number of para-hydroxylation sites is 1. The predicted octanol–water partition coefficient (Wildman–Crippen LogP) is 2.36. The van der Waals surface area contributed by atoms with Crippen molar-refractivity contribution in [2.24, 2.45) is 12.0 Å². The van der Waals surface area contributed by atoms with E-state index in [4.69, 9.17) is 9.73 Å². The molecule has 1 aromatic carbocycles. The third-order valence-electron chi connectivity index (χ3n) is 6.33. The highest BCUT2D eigenvalue weighted by atomic mass is 16.5. The lowest BCUT2D eigenvalue weighted by molar-refractivity contribution is 0.261. The number of aromatic nitrogens is 4. The normalized spacial score (nSPS) is 20.3. The number of aryl methyl sites for hydroxylation is 1. The number of ether oxygens (including phenoxy) is 1. The van der Waals surface area contributed by atoms with Crippen molar-refractivity contribution in [3.05, 3.63) is 65.9 Å². The summed E-state index contributed by atoms with van der Waals surface area (Å²) in [5.74, 6) is 4.45. The maximum absolute atomic E-state index is 5.84. The van der Waals surface area contributed by atoms with Gasteiger partial charge >= 0.3 is 0 Å². The molecule has 172 valence electrons. The van der Waals surface area contributed by atoms with Crippen LogP contribution < -0.4 is 20.3 Å². The van der Waals surface area contributed by atoms with Gasteiger partial charge in [-0.25, -0.2) is 9.98 Å². The van der Waals surface area contributed by atoms with Crippen molar-refractivity contribution in [2.75, 3.05) is 24.6 Å². The van der Waals surface area contributed by atoms with Crippen LogP contribution in [0.15, 0.2) is 53.7 Å². The van der Waals surface area contributed by atoms with Crippen molar-refractivity contribution in [1.29, 1.82) is 0 Å². The van der Waals surface area contributed by atoms with Crippen LogP contribution in [0.25, 0.3) is 0 Å². The molecule has 9 nitrogen and oxygen atoms in total. The number of pyridine rings is 1. The number of anilines is 1. The summed E-state index contributed by atoms with van der Waals surface area (Å²) in [6.45, 7) is 4.92. The van der Waals surface area contributed by atoms with Gasteiger partial charge in [-0.1, -0.05) is 24.3 Å². The Balaban J connectivity index is 1.33. The van der Waals surface area contributed by atoms with E-state index in [0.29, 0.717) is 13.2 Å². The predicted molar refractivity (Wildman–Crippen MR) is 127 cm³/mol. The molecule has 2 aliphatic rings. The molecule has 4 heterocycles. The lowest BCUT2D eigenvalue weighted by atomic mass is 10.0. The maximum atomic E-state index is 5.84. The van der Waals surface area contributed by atoms with Crippen LogP contribution in [0.2, 0.25) is 0 Å². The number of guanidine groups is 1. The van der Waals surface area contributed by atoms with E-state index in [1.54, 1.807) is 0 Å². The van der Waals surface area contributed by atoms with E-state index in [1.165, 1.54) is 0 Å². The standard InChI is InChI=1S/C24H30N8O/c1-17-29-30-23(31(17)2)15-26-24(28-20-11-14-33-21-8-4-3-7-19(20)21)27-18-10-13-32(16-18)22-9-5-6-12-25-22/h3-9,12,18,20H,10-11,13-16H2,1-2H3,(H2,26,27,28). The number of aliphatic imine (C=N–C) groups is 1. The van der Waals surface area contributed by atoms with Crippen molar-refractivity contribution in [1.82, 2.24) is 30.4 Å². The Morgan fingerprint density at radius 2 is 2.00 bits per heavy atom. The molecule has 1 saturated heterocycles. The summed E-state index contributed by atoms with van der Waals surface area (Å²) in [5.41, 5.74) is 1.16. The minimum atomic E-state index is 0.135. The van der Waals surface area contributed by atoms with Gasteiger partial charge in [0, 0.05) is 44.4 Å². The Morgan fingerprint density at radius 1 is 1.12 bits per heavy atom. The largest absolute Gasteiger partial charge is 0.493 e. The Kier molecular flexibility index (Phi) is 6.10. The van der Waals surface area contributed by atoms with Crippen molar-refractivity contribution in [3.63, 3.8) is 0 Å². The number of rotatable bonds is 5. The molecular weight excluding hydrogens is 416 g/mol. The zero-order valence-electron chi connectivity index (χ0n) is 19.1. The van der Waals surface area contributed by atoms with E-state index in [9.17, 15) is 0 Å². The molecule has 2 atom stereocenters. The highest BCUT2D eigenvalue weighted by molar-refractivity contribution is 5.81. The van der Waals surface area contributed by atoms with Gasteiger partial charge in [-0.05, 0) is 31.5 Å². The van der Waals surface area contributed by atoms with Crippen molar-refractivity contribution >= 4 is 11.8 Å². The highest BCUT2D eigenvalue weighted by Crippen LogP contribution is 2.31. The highest BCUT2D eigenvalue weighted by Gasteiger charge is 2.27. The number of nitrogens with zero attached hydrogens (tertiary/aromatic N) is 6. The van der Waals surface area contributed by atoms with Gasteiger partial charge in [0.1, 0.15) is 23.9 Å². The Hall–Kier alpha value is -3.62. The summed E-state index contributed by atoms with van der Waals surface area (Å²) in [5, 5.41) is 15.7. The smallest absolute Gasteiger partial charge is 0.192 e. The molecule has 5 rings (SSSR count). The second kappa shape index (κ2) is 9.48. The van der Waals surface area contributed by atoms with Crippen LogP contribution in [-0.2, 0) is 13.6 Å². The SMILES string of the molecule is Cc1nnc(CN=C(NC2CCN(c3ccccn3)C2)NC2CCOc3ccccc32)n1C. The average Bonchev–Trinajstić information content (AvgIpc) is 3.45. The van der Waals surface area contributed by atoms with Gasteiger partial charge in [-0.2, -0.15) is 0 Å². The van der Waals surface area contributed by atoms with Gasteiger partial charge in [-0.3, -0.25) is 0 Å². The molecule has 0 aliphatic carbocycles. The lowest BCUT2D eigenvalue weighted by Gasteiger charge is -2.29. The van der Waals surface area contributed by atoms with Gasteiger partial charge < -0.3 is 24.8 Å². The molecular formula is C24H30N8O. The number of nitrogens with one attached hydrogen (secondary N) is 2. The summed E-state index contributed by atoms with van der Waals surface area (Å²) in [6, 6.07) is 14.7. The minimum absolute atomic E-state index is 0.135. The van der Waals surface area contributed by atoms with E-state index in [2.05, 4.69) is 48.9 Å². The van der Waals surface area contributed by atoms with Gasteiger partial charge in [0.2, 0.25) is 0 Å². The topological polar surface area (TPSA) is 92.5 Å². The summed E-state index contributed by atoms with van der Waals surface area (Å²) < 4.78 is 7.82. The number of fused-ring (bicyclic) bond motifs is 1. The van der Waals surface area contributed by atoms with Crippen LogP contribution in [0, 0.1) is 6.92 Å². The van der Waals surface area contributed by atoms with Crippen LogP contribution in [0.3, 0.4) is 0 Å². The minimum Gasteiger partial charge on any atom is -0.493 e.